The summed E-state index contributed by atoms with van der Waals surface area (Å²) in [6.45, 7) is 2.07. The van der Waals surface area contributed by atoms with Crippen molar-refractivity contribution < 1.29 is 24.2 Å². The average molecular weight is 470 g/mol. The Labute approximate surface area is 200 Å². The van der Waals surface area contributed by atoms with Gasteiger partial charge in [-0.2, -0.15) is 0 Å². The summed E-state index contributed by atoms with van der Waals surface area (Å²) in [6, 6.07) is 8.91. The van der Waals surface area contributed by atoms with E-state index in [2.05, 4.69) is 10.6 Å². The molecule has 5 rings (SSSR count). The number of nitrogens with zero attached hydrogens (tertiary/aromatic N) is 1. The molecule has 0 radical (unpaired) electrons. The molecule has 34 heavy (non-hydrogen) atoms. The Morgan fingerprint density at radius 3 is 2.56 bits per heavy atom. The zero-order valence-electron chi connectivity index (χ0n) is 19.8. The van der Waals surface area contributed by atoms with Crippen LogP contribution in [0.1, 0.15) is 57.4 Å². The number of amides is 3. The highest BCUT2D eigenvalue weighted by Gasteiger charge is 2.77. The van der Waals surface area contributed by atoms with Crippen LogP contribution in [0.25, 0.3) is 0 Å². The highest BCUT2D eigenvalue weighted by Crippen LogP contribution is 2.63. The van der Waals surface area contributed by atoms with Crippen LogP contribution in [0, 0.1) is 11.8 Å². The predicted molar refractivity (Wildman–Crippen MR) is 124 cm³/mol. The molecule has 3 saturated heterocycles. The Balaban J connectivity index is 1.41. The summed E-state index contributed by atoms with van der Waals surface area (Å²) in [4.78, 5) is 42.2. The number of rotatable bonds is 7. The molecular weight excluding hydrogens is 434 g/mol. The smallest absolute Gasteiger partial charge is 0.246 e. The lowest BCUT2D eigenvalue weighted by molar-refractivity contribution is -0.147. The van der Waals surface area contributed by atoms with E-state index >= 15 is 0 Å². The zero-order valence-corrected chi connectivity index (χ0v) is 19.8. The van der Waals surface area contributed by atoms with Gasteiger partial charge >= 0.3 is 0 Å². The second-order valence-electron chi connectivity index (χ2n) is 10.5. The van der Waals surface area contributed by atoms with Crippen LogP contribution >= 0.6 is 0 Å². The molecule has 2 unspecified atom stereocenters. The Bertz CT molecular complexity index is 949. The van der Waals surface area contributed by atoms with Crippen LogP contribution in [0.5, 0.6) is 0 Å². The minimum absolute atomic E-state index is 0.0538. The first-order valence-electron chi connectivity index (χ1n) is 12.6. The van der Waals surface area contributed by atoms with Gasteiger partial charge in [-0.25, -0.2) is 0 Å². The molecule has 1 aromatic carbocycles. The molecule has 1 spiro atoms. The standard InChI is InChI=1S/C26H35N3O5/c1-25-12-13-26(34-25)20(19(25)22(31)27-16-17-8-4-2-5-9-17)24(33)29(14-15-30)21(26)23(32)28-18-10-6-3-7-11-18/h2,4-5,8-9,18-21,30H,3,6-7,10-16H2,1H3,(H,27,31)(H,28,32)/t19-,20-,21?,25+,26?/m0/s1. The fraction of sp³-hybridized carbons (Fsp3) is 0.654. The van der Waals surface area contributed by atoms with Gasteiger partial charge in [0.05, 0.1) is 24.0 Å². The summed E-state index contributed by atoms with van der Waals surface area (Å²) in [5, 5.41) is 15.9. The van der Waals surface area contributed by atoms with E-state index in [4.69, 9.17) is 4.74 Å². The molecule has 1 aliphatic carbocycles. The molecular formula is C26H35N3O5. The number of hydrogen-bond donors (Lipinski definition) is 3. The van der Waals surface area contributed by atoms with E-state index in [1.807, 2.05) is 37.3 Å². The van der Waals surface area contributed by atoms with Gasteiger partial charge in [0, 0.05) is 19.1 Å². The average Bonchev–Trinajstić information content (AvgIpc) is 3.40. The third kappa shape index (κ3) is 3.71. The van der Waals surface area contributed by atoms with Crippen molar-refractivity contribution in [1.82, 2.24) is 15.5 Å². The Hall–Kier alpha value is -2.45. The maximum absolute atomic E-state index is 13.7. The van der Waals surface area contributed by atoms with Crippen LogP contribution in [-0.2, 0) is 25.7 Å². The maximum atomic E-state index is 13.7. The van der Waals surface area contributed by atoms with Crippen LogP contribution in [0.4, 0.5) is 0 Å². The van der Waals surface area contributed by atoms with Crippen molar-refractivity contribution in [2.75, 3.05) is 13.2 Å². The van der Waals surface area contributed by atoms with Gasteiger partial charge in [0.1, 0.15) is 11.6 Å². The number of aliphatic hydroxyl groups is 1. The van der Waals surface area contributed by atoms with Crippen LogP contribution in [0.15, 0.2) is 30.3 Å². The lowest BCUT2D eigenvalue weighted by Gasteiger charge is -2.35. The number of likely N-dealkylation sites (tertiary alicyclic amines) is 1. The number of ether oxygens (including phenoxy) is 1. The molecule has 3 N–H and O–H groups in total. The minimum atomic E-state index is -1.03. The first-order valence-corrected chi connectivity index (χ1v) is 12.6. The number of fused-ring (bicyclic) bond motifs is 1. The number of hydrogen-bond acceptors (Lipinski definition) is 5. The van der Waals surface area contributed by atoms with Gasteiger partial charge in [-0.15, -0.1) is 0 Å². The highest BCUT2D eigenvalue weighted by molar-refractivity contribution is 5.99. The molecule has 4 fully saturated rings. The van der Waals surface area contributed by atoms with Crippen molar-refractivity contribution in [1.29, 1.82) is 0 Å². The first kappa shape index (κ1) is 23.3. The molecule has 4 aliphatic rings. The summed E-state index contributed by atoms with van der Waals surface area (Å²) >= 11 is 0. The van der Waals surface area contributed by atoms with E-state index in [1.165, 1.54) is 11.3 Å². The largest absolute Gasteiger partial charge is 0.395 e. The Morgan fingerprint density at radius 1 is 1.12 bits per heavy atom. The van der Waals surface area contributed by atoms with Gasteiger partial charge in [-0.3, -0.25) is 14.4 Å². The second-order valence-corrected chi connectivity index (χ2v) is 10.5. The van der Waals surface area contributed by atoms with Crippen molar-refractivity contribution in [2.24, 2.45) is 11.8 Å². The van der Waals surface area contributed by atoms with E-state index in [1.54, 1.807) is 0 Å². The summed E-state index contributed by atoms with van der Waals surface area (Å²) in [5.41, 5.74) is -0.853. The van der Waals surface area contributed by atoms with Crippen molar-refractivity contribution in [3.63, 3.8) is 0 Å². The van der Waals surface area contributed by atoms with E-state index < -0.39 is 29.1 Å². The molecule has 3 heterocycles. The maximum Gasteiger partial charge on any atom is 0.246 e. The fourth-order valence-corrected chi connectivity index (χ4v) is 6.90. The normalized spacial score (nSPS) is 34.8. The van der Waals surface area contributed by atoms with Crippen molar-refractivity contribution in [3.8, 4) is 0 Å². The van der Waals surface area contributed by atoms with E-state index in [0.29, 0.717) is 19.4 Å². The molecule has 1 saturated carbocycles. The van der Waals surface area contributed by atoms with Crippen molar-refractivity contribution in [2.45, 2.75) is 81.7 Å². The number of benzene rings is 1. The van der Waals surface area contributed by atoms with Crippen LogP contribution in [0.2, 0.25) is 0 Å². The summed E-state index contributed by atoms with van der Waals surface area (Å²) in [7, 11) is 0. The van der Waals surface area contributed by atoms with Crippen molar-refractivity contribution >= 4 is 17.7 Å². The molecule has 0 aromatic heterocycles. The number of nitrogens with one attached hydrogen (secondary N) is 2. The zero-order chi connectivity index (χ0) is 23.9. The SMILES string of the molecule is C[C@]12CCC3(O1)C(C(=O)NC1CCCCC1)N(CCO)C(=O)[C@@H]3[C@H]2C(=O)NCc1ccccc1. The summed E-state index contributed by atoms with van der Waals surface area (Å²) < 4.78 is 6.56. The molecule has 3 aliphatic heterocycles. The van der Waals surface area contributed by atoms with Crippen LogP contribution < -0.4 is 10.6 Å². The van der Waals surface area contributed by atoms with E-state index in [9.17, 15) is 19.5 Å². The minimum Gasteiger partial charge on any atom is -0.395 e. The van der Waals surface area contributed by atoms with Gasteiger partial charge in [-0.05, 0) is 38.2 Å². The molecule has 184 valence electrons. The van der Waals surface area contributed by atoms with Gasteiger partial charge < -0.3 is 25.4 Å². The summed E-state index contributed by atoms with van der Waals surface area (Å²) in [6.07, 6.45) is 6.38. The lowest BCUT2D eigenvalue weighted by atomic mass is 9.66. The molecule has 8 nitrogen and oxygen atoms in total. The lowest BCUT2D eigenvalue weighted by Crippen LogP contribution is -2.57. The van der Waals surface area contributed by atoms with Gasteiger partial charge in [-0.1, -0.05) is 49.6 Å². The summed E-state index contributed by atoms with van der Waals surface area (Å²) in [5.74, 6) is -2.10. The van der Waals surface area contributed by atoms with Crippen LogP contribution in [0.3, 0.4) is 0 Å². The number of aliphatic hydroxyl groups excluding tert-OH is 1. The molecule has 1 aromatic rings. The molecule has 3 amide bonds. The Morgan fingerprint density at radius 2 is 1.85 bits per heavy atom. The fourth-order valence-electron chi connectivity index (χ4n) is 6.90. The van der Waals surface area contributed by atoms with E-state index in [-0.39, 0.29) is 36.9 Å². The monoisotopic (exact) mass is 469 g/mol. The van der Waals surface area contributed by atoms with Gasteiger partial charge in [0.2, 0.25) is 17.7 Å². The van der Waals surface area contributed by atoms with Gasteiger partial charge in [0.25, 0.3) is 0 Å². The quantitative estimate of drug-likeness (QED) is 0.561. The molecule has 5 atom stereocenters. The number of carbonyl (C=O) groups is 3. The molecule has 8 heteroatoms. The van der Waals surface area contributed by atoms with Crippen molar-refractivity contribution in [3.05, 3.63) is 35.9 Å². The molecule has 2 bridgehead atoms. The van der Waals surface area contributed by atoms with Gasteiger partial charge in [0.15, 0.2) is 0 Å². The first-order chi connectivity index (χ1) is 16.4. The highest BCUT2D eigenvalue weighted by atomic mass is 16.5. The predicted octanol–water partition coefficient (Wildman–Crippen LogP) is 1.51. The van der Waals surface area contributed by atoms with Crippen LogP contribution in [-0.4, -0.2) is 64.2 Å². The second kappa shape index (κ2) is 8.96. The Kier molecular flexibility index (Phi) is 6.14. The third-order valence-electron chi connectivity index (χ3n) is 8.41. The third-order valence-corrected chi connectivity index (χ3v) is 8.41. The topological polar surface area (TPSA) is 108 Å². The number of carbonyl (C=O) groups excluding carboxylic acids is 3. The number of β-amino-alcohol motifs (C(OH)–C–C–N with tert-alkyl or cyclic N) is 1. The van der Waals surface area contributed by atoms with E-state index in [0.717, 1.165) is 31.2 Å².